The summed E-state index contributed by atoms with van der Waals surface area (Å²) in [5.41, 5.74) is 3.57. The van der Waals surface area contributed by atoms with Crippen molar-refractivity contribution in [1.29, 1.82) is 0 Å². The average molecular weight is 298 g/mol. The summed E-state index contributed by atoms with van der Waals surface area (Å²) in [6.07, 6.45) is 3.24. The minimum atomic E-state index is 0.670. The van der Waals surface area contributed by atoms with Crippen LogP contribution < -0.4 is 5.32 Å². The Morgan fingerprint density at radius 3 is 2.86 bits per heavy atom. The normalized spacial score (nSPS) is 19.1. The standard InChI is InChI=1S/C18H26N4/c1-14(2)22-9-8-15(13-22)10-19-11-17-12-20-21-18(17)16-6-4-3-5-7-16/h3-7,12,14-15,19H,8-11,13H2,1-2H3,(H,20,21). The van der Waals surface area contributed by atoms with E-state index in [-0.39, 0.29) is 0 Å². The average Bonchev–Trinajstić information content (AvgIpc) is 3.17. The van der Waals surface area contributed by atoms with Crippen LogP contribution in [0.1, 0.15) is 25.8 Å². The highest BCUT2D eigenvalue weighted by Crippen LogP contribution is 2.21. The Morgan fingerprint density at radius 2 is 2.14 bits per heavy atom. The molecule has 1 aliphatic heterocycles. The van der Waals surface area contributed by atoms with Crippen molar-refractivity contribution in [3.8, 4) is 11.3 Å². The molecule has 1 fully saturated rings. The lowest BCUT2D eigenvalue weighted by atomic mass is 10.1. The molecular weight excluding hydrogens is 272 g/mol. The highest BCUT2D eigenvalue weighted by molar-refractivity contribution is 5.62. The molecule has 22 heavy (non-hydrogen) atoms. The molecule has 2 N–H and O–H groups in total. The molecule has 1 atom stereocenters. The maximum absolute atomic E-state index is 4.21. The number of rotatable bonds is 6. The summed E-state index contributed by atoms with van der Waals surface area (Å²) in [6, 6.07) is 11.1. The van der Waals surface area contributed by atoms with Gasteiger partial charge in [-0.25, -0.2) is 0 Å². The van der Waals surface area contributed by atoms with Gasteiger partial charge in [0, 0.05) is 24.7 Å². The summed E-state index contributed by atoms with van der Waals surface area (Å²) >= 11 is 0. The number of aromatic amines is 1. The van der Waals surface area contributed by atoms with Gasteiger partial charge in [-0.3, -0.25) is 5.10 Å². The summed E-state index contributed by atoms with van der Waals surface area (Å²) in [4.78, 5) is 2.57. The van der Waals surface area contributed by atoms with Crippen LogP contribution in [0.15, 0.2) is 36.5 Å². The van der Waals surface area contributed by atoms with Gasteiger partial charge < -0.3 is 10.2 Å². The SMILES string of the molecule is CC(C)N1CCC(CNCc2cn[nH]c2-c2ccccc2)C1. The molecule has 0 aliphatic carbocycles. The first-order valence-corrected chi connectivity index (χ1v) is 8.26. The van der Waals surface area contributed by atoms with Crippen molar-refractivity contribution in [2.24, 2.45) is 5.92 Å². The van der Waals surface area contributed by atoms with E-state index in [1.54, 1.807) is 0 Å². The van der Waals surface area contributed by atoms with Crippen LogP contribution in [0.3, 0.4) is 0 Å². The van der Waals surface area contributed by atoms with Gasteiger partial charge in [0.25, 0.3) is 0 Å². The largest absolute Gasteiger partial charge is 0.312 e. The molecule has 0 amide bonds. The van der Waals surface area contributed by atoms with Gasteiger partial charge in [0.2, 0.25) is 0 Å². The monoisotopic (exact) mass is 298 g/mol. The third kappa shape index (κ3) is 3.57. The lowest BCUT2D eigenvalue weighted by Crippen LogP contribution is -2.30. The molecule has 4 nitrogen and oxygen atoms in total. The van der Waals surface area contributed by atoms with E-state index < -0.39 is 0 Å². The van der Waals surface area contributed by atoms with Crippen molar-refractivity contribution >= 4 is 0 Å². The first kappa shape index (κ1) is 15.3. The maximum Gasteiger partial charge on any atom is 0.0695 e. The zero-order valence-corrected chi connectivity index (χ0v) is 13.5. The van der Waals surface area contributed by atoms with E-state index in [4.69, 9.17) is 0 Å². The Labute approximate surface area is 132 Å². The highest BCUT2D eigenvalue weighted by atomic mass is 15.2. The van der Waals surface area contributed by atoms with Crippen molar-refractivity contribution in [3.63, 3.8) is 0 Å². The van der Waals surface area contributed by atoms with Crippen LogP contribution in [0.4, 0.5) is 0 Å². The molecule has 2 aromatic rings. The molecule has 3 rings (SSSR count). The lowest BCUT2D eigenvalue weighted by molar-refractivity contribution is 0.264. The molecule has 4 heteroatoms. The predicted molar refractivity (Wildman–Crippen MR) is 90.5 cm³/mol. The molecule has 2 heterocycles. The number of likely N-dealkylation sites (tertiary alicyclic amines) is 1. The van der Waals surface area contributed by atoms with Gasteiger partial charge in [-0.15, -0.1) is 0 Å². The zero-order chi connectivity index (χ0) is 15.4. The van der Waals surface area contributed by atoms with Crippen LogP contribution in [-0.4, -0.2) is 40.8 Å². The van der Waals surface area contributed by atoms with Crippen LogP contribution in [0.2, 0.25) is 0 Å². The second-order valence-electron chi connectivity index (χ2n) is 6.51. The molecule has 0 spiro atoms. The number of benzene rings is 1. The van der Waals surface area contributed by atoms with Crippen LogP contribution in [0.25, 0.3) is 11.3 Å². The van der Waals surface area contributed by atoms with Crippen molar-refractivity contribution < 1.29 is 0 Å². The fourth-order valence-electron chi connectivity index (χ4n) is 3.21. The molecule has 0 bridgehead atoms. The molecule has 0 saturated carbocycles. The number of hydrogen-bond donors (Lipinski definition) is 2. The summed E-state index contributed by atoms with van der Waals surface area (Å²) in [5, 5.41) is 10.9. The number of nitrogens with one attached hydrogen (secondary N) is 2. The Balaban J connectivity index is 1.52. The first-order chi connectivity index (χ1) is 10.7. The van der Waals surface area contributed by atoms with E-state index in [1.165, 1.54) is 30.6 Å². The smallest absolute Gasteiger partial charge is 0.0695 e. The summed E-state index contributed by atoms with van der Waals surface area (Å²) in [6.45, 7) is 8.99. The zero-order valence-electron chi connectivity index (χ0n) is 13.5. The predicted octanol–water partition coefficient (Wildman–Crippen LogP) is 2.90. The van der Waals surface area contributed by atoms with Gasteiger partial charge in [0.1, 0.15) is 0 Å². The lowest BCUT2D eigenvalue weighted by Gasteiger charge is -2.20. The maximum atomic E-state index is 4.21. The number of nitrogens with zero attached hydrogens (tertiary/aromatic N) is 2. The fourth-order valence-corrected chi connectivity index (χ4v) is 3.21. The Bertz CT molecular complexity index is 576. The van der Waals surface area contributed by atoms with E-state index in [0.717, 1.165) is 24.7 Å². The van der Waals surface area contributed by atoms with Gasteiger partial charge in [0.05, 0.1) is 11.9 Å². The summed E-state index contributed by atoms with van der Waals surface area (Å²) in [5.74, 6) is 0.773. The van der Waals surface area contributed by atoms with E-state index >= 15 is 0 Å². The Morgan fingerprint density at radius 1 is 1.32 bits per heavy atom. The number of H-pyrrole nitrogens is 1. The van der Waals surface area contributed by atoms with Crippen molar-refractivity contribution in [2.75, 3.05) is 19.6 Å². The van der Waals surface area contributed by atoms with Gasteiger partial charge in [-0.1, -0.05) is 30.3 Å². The third-order valence-electron chi connectivity index (χ3n) is 4.58. The van der Waals surface area contributed by atoms with Crippen molar-refractivity contribution in [1.82, 2.24) is 20.4 Å². The molecule has 1 unspecified atom stereocenters. The molecule has 1 aromatic heterocycles. The van der Waals surface area contributed by atoms with Gasteiger partial charge in [-0.2, -0.15) is 5.10 Å². The van der Waals surface area contributed by atoms with E-state index in [2.05, 4.69) is 58.5 Å². The minimum absolute atomic E-state index is 0.670. The molecular formula is C18H26N4. The van der Waals surface area contributed by atoms with Gasteiger partial charge in [0.15, 0.2) is 0 Å². The van der Waals surface area contributed by atoms with Crippen molar-refractivity contribution in [2.45, 2.75) is 32.9 Å². The molecule has 118 valence electrons. The second-order valence-corrected chi connectivity index (χ2v) is 6.51. The van der Waals surface area contributed by atoms with E-state index in [9.17, 15) is 0 Å². The van der Waals surface area contributed by atoms with Crippen LogP contribution in [0, 0.1) is 5.92 Å². The number of aromatic nitrogens is 2. The van der Waals surface area contributed by atoms with Crippen molar-refractivity contribution in [3.05, 3.63) is 42.1 Å². The molecule has 1 aromatic carbocycles. The summed E-state index contributed by atoms with van der Waals surface area (Å²) in [7, 11) is 0. The van der Waals surface area contributed by atoms with Crippen LogP contribution >= 0.6 is 0 Å². The summed E-state index contributed by atoms with van der Waals surface area (Å²) < 4.78 is 0. The van der Waals surface area contributed by atoms with Crippen LogP contribution in [0.5, 0.6) is 0 Å². The Kier molecular flexibility index (Phi) is 4.90. The van der Waals surface area contributed by atoms with E-state index in [1.807, 2.05) is 12.3 Å². The molecule has 0 radical (unpaired) electrons. The topological polar surface area (TPSA) is 44.0 Å². The third-order valence-corrected chi connectivity index (χ3v) is 4.58. The quantitative estimate of drug-likeness (QED) is 0.862. The van der Waals surface area contributed by atoms with E-state index in [0.29, 0.717) is 6.04 Å². The van der Waals surface area contributed by atoms with Gasteiger partial charge in [-0.05, 0) is 44.8 Å². The highest BCUT2D eigenvalue weighted by Gasteiger charge is 2.23. The molecule has 1 saturated heterocycles. The molecule has 1 aliphatic rings. The Hall–Kier alpha value is -1.65. The fraction of sp³-hybridized carbons (Fsp3) is 0.500. The number of hydrogen-bond acceptors (Lipinski definition) is 3. The second kappa shape index (κ2) is 7.07. The van der Waals surface area contributed by atoms with Gasteiger partial charge >= 0.3 is 0 Å². The first-order valence-electron chi connectivity index (χ1n) is 8.26. The minimum Gasteiger partial charge on any atom is -0.312 e. The van der Waals surface area contributed by atoms with Crippen LogP contribution in [-0.2, 0) is 6.54 Å².